The van der Waals surface area contributed by atoms with Crippen LogP contribution in [-0.4, -0.2) is 31.6 Å². The highest BCUT2D eigenvalue weighted by Crippen LogP contribution is 2.25. The van der Waals surface area contributed by atoms with Crippen LogP contribution in [0.2, 0.25) is 0 Å². The lowest BCUT2D eigenvalue weighted by Gasteiger charge is -2.29. The van der Waals surface area contributed by atoms with E-state index in [1.807, 2.05) is 0 Å². The largest absolute Gasteiger partial charge is 0.312 e. The first-order valence-corrected chi connectivity index (χ1v) is 7.15. The number of nitrogens with one attached hydrogen (secondary N) is 1. The van der Waals surface area contributed by atoms with Crippen LogP contribution in [0.4, 0.5) is 0 Å². The molecule has 100 valence electrons. The van der Waals surface area contributed by atoms with Crippen molar-refractivity contribution >= 4 is 0 Å². The Hall–Kier alpha value is -0.860. The monoisotopic (exact) mass is 246 g/mol. The molecule has 0 aliphatic heterocycles. The lowest BCUT2D eigenvalue weighted by molar-refractivity contribution is 0.222. The van der Waals surface area contributed by atoms with Crippen molar-refractivity contribution < 1.29 is 0 Å². The summed E-state index contributed by atoms with van der Waals surface area (Å²) in [6.45, 7) is 3.31. The Balaban J connectivity index is 2.02. The summed E-state index contributed by atoms with van der Waals surface area (Å²) < 4.78 is 0. The van der Waals surface area contributed by atoms with E-state index in [0.717, 1.165) is 12.6 Å². The second-order valence-corrected chi connectivity index (χ2v) is 5.58. The fourth-order valence-electron chi connectivity index (χ4n) is 3.10. The van der Waals surface area contributed by atoms with E-state index in [0.29, 0.717) is 6.04 Å². The van der Waals surface area contributed by atoms with Gasteiger partial charge in [-0.3, -0.25) is 0 Å². The average molecular weight is 246 g/mol. The van der Waals surface area contributed by atoms with Gasteiger partial charge in [0.05, 0.1) is 0 Å². The molecule has 0 spiro atoms. The van der Waals surface area contributed by atoms with Gasteiger partial charge in [0.2, 0.25) is 0 Å². The molecule has 1 unspecified atom stereocenters. The maximum absolute atomic E-state index is 3.47. The molecule has 1 aromatic rings. The van der Waals surface area contributed by atoms with E-state index in [4.69, 9.17) is 0 Å². The van der Waals surface area contributed by atoms with Crippen molar-refractivity contribution in [1.82, 2.24) is 10.2 Å². The molecule has 1 fully saturated rings. The number of hydrogen-bond acceptors (Lipinski definition) is 2. The van der Waals surface area contributed by atoms with Gasteiger partial charge in [-0.05, 0) is 45.0 Å². The van der Waals surface area contributed by atoms with E-state index in [2.05, 4.69) is 55.5 Å². The molecule has 1 aliphatic rings. The predicted octanol–water partition coefficient (Wildman–Crippen LogP) is 3.13. The minimum absolute atomic E-state index is 0.441. The molecule has 2 nitrogen and oxygen atoms in total. The topological polar surface area (TPSA) is 15.3 Å². The highest BCUT2D eigenvalue weighted by atomic mass is 15.2. The number of nitrogens with zero attached hydrogens (tertiary/aromatic N) is 1. The lowest BCUT2D eigenvalue weighted by atomic mass is 10.0. The summed E-state index contributed by atoms with van der Waals surface area (Å²) in [6, 6.07) is 9.95. The first-order valence-electron chi connectivity index (χ1n) is 7.15. The molecule has 0 heterocycles. The summed E-state index contributed by atoms with van der Waals surface area (Å²) in [4.78, 5) is 2.54. The molecule has 0 bridgehead atoms. The van der Waals surface area contributed by atoms with Crippen LogP contribution in [0.1, 0.15) is 42.9 Å². The Morgan fingerprint density at radius 2 is 1.94 bits per heavy atom. The Morgan fingerprint density at radius 1 is 1.28 bits per heavy atom. The molecule has 0 aromatic heterocycles. The third kappa shape index (κ3) is 3.12. The molecule has 18 heavy (non-hydrogen) atoms. The normalized spacial score (nSPS) is 18.4. The average Bonchev–Trinajstić information content (AvgIpc) is 2.90. The van der Waals surface area contributed by atoms with Crippen LogP contribution in [-0.2, 0) is 0 Å². The van der Waals surface area contributed by atoms with E-state index in [1.165, 1.54) is 36.8 Å². The minimum atomic E-state index is 0.441. The SMILES string of the molecule is CNC(CN(C)C1CCCC1)c1ccccc1C. The fraction of sp³-hybridized carbons (Fsp3) is 0.625. The molecule has 1 atom stereocenters. The van der Waals surface area contributed by atoms with Gasteiger partial charge < -0.3 is 10.2 Å². The van der Waals surface area contributed by atoms with Gasteiger partial charge in [-0.2, -0.15) is 0 Å². The molecule has 1 saturated carbocycles. The lowest BCUT2D eigenvalue weighted by Crippen LogP contribution is -2.37. The van der Waals surface area contributed by atoms with Crippen LogP contribution in [0.5, 0.6) is 0 Å². The Labute approximate surface area is 111 Å². The van der Waals surface area contributed by atoms with Crippen LogP contribution in [0.3, 0.4) is 0 Å². The van der Waals surface area contributed by atoms with Crippen molar-refractivity contribution in [3.8, 4) is 0 Å². The zero-order valence-corrected chi connectivity index (χ0v) is 11.9. The number of benzene rings is 1. The van der Waals surface area contributed by atoms with Crippen molar-refractivity contribution in [2.45, 2.75) is 44.7 Å². The van der Waals surface area contributed by atoms with Gasteiger partial charge in [-0.25, -0.2) is 0 Å². The quantitative estimate of drug-likeness (QED) is 0.858. The third-order valence-corrected chi connectivity index (χ3v) is 4.33. The number of likely N-dealkylation sites (N-methyl/N-ethyl adjacent to an activating group) is 2. The van der Waals surface area contributed by atoms with E-state index >= 15 is 0 Å². The smallest absolute Gasteiger partial charge is 0.0449 e. The van der Waals surface area contributed by atoms with Crippen molar-refractivity contribution in [1.29, 1.82) is 0 Å². The first kappa shape index (κ1) is 13.6. The van der Waals surface area contributed by atoms with Gasteiger partial charge in [0, 0.05) is 18.6 Å². The molecule has 1 N–H and O–H groups in total. The maximum Gasteiger partial charge on any atom is 0.0449 e. The van der Waals surface area contributed by atoms with E-state index < -0.39 is 0 Å². The van der Waals surface area contributed by atoms with Crippen LogP contribution in [0.25, 0.3) is 0 Å². The molecule has 0 radical (unpaired) electrons. The zero-order valence-electron chi connectivity index (χ0n) is 11.9. The Kier molecular flexibility index (Phi) is 4.79. The first-order chi connectivity index (χ1) is 8.72. The summed E-state index contributed by atoms with van der Waals surface area (Å²) in [5, 5.41) is 3.47. The molecule has 0 saturated heterocycles. The number of aryl methyl sites for hydroxylation is 1. The second-order valence-electron chi connectivity index (χ2n) is 5.58. The Bertz CT molecular complexity index is 369. The molecule has 1 aliphatic carbocycles. The van der Waals surface area contributed by atoms with Crippen molar-refractivity contribution in [2.24, 2.45) is 0 Å². The highest BCUT2D eigenvalue weighted by molar-refractivity contribution is 5.29. The van der Waals surface area contributed by atoms with Gasteiger partial charge >= 0.3 is 0 Å². The fourth-order valence-corrected chi connectivity index (χ4v) is 3.10. The van der Waals surface area contributed by atoms with E-state index in [9.17, 15) is 0 Å². The zero-order chi connectivity index (χ0) is 13.0. The number of rotatable bonds is 5. The molecular formula is C16H26N2. The summed E-state index contributed by atoms with van der Waals surface area (Å²) in [5.74, 6) is 0. The van der Waals surface area contributed by atoms with Crippen LogP contribution >= 0.6 is 0 Å². The van der Waals surface area contributed by atoms with Gasteiger partial charge in [0.25, 0.3) is 0 Å². The molecular weight excluding hydrogens is 220 g/mol. The summed E-state index contributed by atoms with van der Waals surface area (Å²) in [7, 11) is 4.35. The molecule has 0 amide bonds. The van der Waals surface area contributed by atoms with Crippen LogP contribution in [0, 0.1) is 6.92 Å². The highest BCUT2D eigenvalue weighted by Gasteiger charge is 2.22. The molecule has 2 rings (SSSR count). The van der Waals surface area contributed by atoms with Gasteiger partial charge in [-0.15, -0.1) is 0 Å². The van der Waals surface area contributed by atoms with Crippen LogP contribution < -0.4 is 5.32 Å². The maximum atomic E-state index is 3.47. The van der Waals surface area contributed by atoms with E-state index in [-0.39, 0.29) is 0 Å². The van der Waals surface area contributed by atoms with Gasteiger partial charge in [0.1, 0.15) is 0 Å². The Morgan fingerprint density at radius 3 is 2.56 bits per heavy atom. The summed E-state index contributed by atoms with van der Waals surface area (Å²) >= 11 is 0. The number of hydrogen-bond donors (Lipinski definition) is 1. The minimum Gasteiger partial charge on any atom is -0.312 e. The summed E-state index contributed by atoms with van der Waals surface area (Å²) in [5.41, 5.74) is 2.82. The molecule has 1 aromatic carbocycles. The molecule has 2 heteroatoms. The van der Waals surface area contributed by atoms with E-state index in [1.54, 1.807) is 0 Å². The van der Waals surface area contributed by atoms with Crippen molar-refractivity contribution in [3.05, 3.63) is 35.4 Å². The predicted molar refractivity (Wildman–Crippen MR) is 77.9 cm³/mol. The second kappa shape index (κ2) is 6.35. The van der Waals surface area contributed by atoms with Crippen LogP contribution in [0.15, 0.2) is 24.3 Å². The van der Waals surface area contributed by atoms with Gasteiger partial charge in [0.15, 0.2) is 0 Å². The van der Waals surface area contributed by atoms with Crippen molar-refractivity contribution in [3.63, 3.8) is 0 Å². The van der Waals surface area contributed by atoms with Crippen molar-refractivity contribution in [2.75, 3.05) is 20.6 Å². The standard InChI is InChI=1S/C16H26N2/c1-13-8-4-7-11-15(13)16(17-2)12-18(3)14-9-5-6-10-14/h4,7-8,11,14,16-17H,5-6,9-10,12H2,1-3H3. The summed E-state index contributed by atoms with van der Waals surface area (Å²) in [6.07, 6.45) is 5.56. The van der Waals surface area contributed by atoms with Gasteiger partial charge in [-0.1, -0.05) is 37.1 Å². The third-order valence-electron chi connectivity index (χ3n) is 4.33.